The highest BCUT2D eigenvalue weighted by Crippen LogP contribution is 2.38. The largest absolute Gasteiger partial charge is 0.356 e. The Hall–Kier alpha value is -1.06. The summed E-state index contributed by atoms with van der Waals surface area (Å²) in [5, 5.41) is 2.92. The molecule has 0 aromatic carbocycles. The average molecular weight is 236 g/mol. The van der Waals surface area contributed by atoms with Crippen molar-refractivity contribution in [2.45, 2.75) is 38.5 Å². The fraction of sp³-hybridized carbons (Fsp3) is 0.846. The third-order valence-corrected chi connectivity index (χ3v) is 4.53. The molecule has 1 spiro atoms. The minimum Gasteiger partial charge on any atom is -0.356 e. The van der Waals surface area contributed by atoms with Crippen molar-refractivity contribution in [1.29, 1.82) is 0 Å². The maximum absolute atomic E-state index is 12.0. The lowest BCUT2D eigenvalue weighted by Crippen LogP contribution is -2.44. The van der Waals surface area contributed by atoms with E-state index in [0.717, 1.165) is 38.9 Å². The second-order valence-electron chi connectivity index (χ2n) is 5.98. The molecule has 0 atom stereocenters. The Morgan fingerprint density at radius 2 is 2.06 bits per heavy atom. The standard InChI is InChI=1S/C13H20N2O2/c16-11-8-13(9-14-11)3-5-15(6-4-13)12(17)7-10-1-2-10/h10H,1-9H2,(H,14,16). The number of rotatable bonds is 2. The molecule has 3 aliphatic rings. The monoisotopic (exact) mass is 236 g/mol. The zero-order valence-corrected chi connectivity index (χ0v) is 10.2. The number of amides is 2. The quantitative estimate of drug-likeness (QED) is 0.775. The Kier molecular flexibility index (Phi) is 2.60. The summed E-state index contributed by atoms with van der Waals surface area (Å²) in [6, 6.07) is 0. The summed E-state index contributed by atoms with van der Waals surface area (Å²) in [7, 11) is 0. The molecule has 1 saturated carbocycles. The lowest BCUT2D eigenvalue weighted by molar-refractivity contribution is -0.133. The molecule has 2 heterocycles. The van der Waals surface area contributed by atoms with E-state index in [-0.39, 0.29) is 11.3 Å². The first-order chi connectivity index (χ1) is 8.17. The van der Waals surface area contributed by atoms with Crippen LogP contribution in [0.5, 0.6) is 0 Å². The first-order valence-corrected chi connectivity index (χ1v) is 6.71. The topological polar surface area (TPSA) is 49.4 Å². The molecule has 4 heteroatoms. The number of carbonyl (C=O) groups is 2. The van der Waals surface area contributed by atoms with Crippen LogP contribution in [0.25, 0.3) is 0 Å². The number of hydrogen-bond acceptors (Lipinski definition) is 2. The highest BCUT2D eigenvalue weighted by atomic mass is 16.2. The molecule has 1 aliphatic carbocycles. The van der Waals surface area contributed by atoms with Crippen molar-refractivity contribution in [3.8, 4) is 0 Å². The maximum atomic E-state index is 12.0. The third kappa shape index (κ3) is 2.31. The van der Waals surface area contributed by atoms with E-state index in [2.05, 4.69) is 5.32 Å². The van der Waals surface area contributed by atoms with Crippen molar-refractivity contribution in [3.63, 3.8) is 0 Å². The molecular formula is C13H20N2O2. The van der Waals surface area contributed by atoms with Crippen molar-refractivity contribution < 1.29 is 9.59 Å². The Labute approximate surface area is 102 Å². The highest BCUT2D eigenvalue weighted by Gasteiger charge is 2.41. The predicted octanol–water partition coefficient (Wildman–Crippen LogP) is 0.915. The van der Waals surface area contributed by atoms with E-state index in [4.69, 9.17) is 0 Å². The van der Waals surface area contributed by atoms with Gasteiger partial charge in [-0.15, -0.1) is 0 Å². The smallest absolute Gasteiger partial charge is 0.222 e. The zero-order chi connectivity index (χ0) is 11.9. The SMILES string of the molecule is O=C1CC2(CCN(C(=O)CC3CC3)CC2)CN1. The van der Waals surface area contributed by atoms with Gasteiger partial charge >= 0.3 is 0 Å². The summed E-state index contributed by atoms with van der Waals surface area (Å²) in [4.78, 5) is 25.3. The van der Waals surface area contributed by atoms with Crippen molar-refractivity contribution in [1.82, 2.24) is 10.2 Å². The average Bonchev–Trinajstić information content (AvgIpc) is 3.05. The third-order valence-electron chi connectivity index (χ3n) is 4.53. The number of likely N-dealkylation sites (tertiary alicyclic amines) is 1. The molecule has 0 unspecified atom stereocenters. The van der Waals surface area contributed by atoms with Gasteiger partial charge in [-0.05, 0) is 37.0 Å². The van der Waals surface area contributed by atoms with Crippen molar-refractivity contribution >= 4 is 11.8 Å². The fourth-order valence-corrected chi connectivity index (χ4v) is 3.03. The molecular weight excluding hydrogens is 216 g/mol. The predicted molar refractivity (Wildman–Crippen MR) is 63.2 cm³/mol. The molecule has 2 saturated heterocycles. The van der Waals surface area contributed by atoms with Crippen molar-refractivity contribution in [2.24, 2.45) is 11.3 Å². The van der Waals surface area contributed by atoms with Gasteiger partial charge in [0.15, 0.2) is 0 Å². The Balaban J connectivity index is 1.52. The lowest BCUT2D eigenvalue weighted by atomic mass is 9.77. The van der Waals surface area contributed by atoms with E-state index >= 15 is 0 Å². The molecule has 17 heavy (non-hydrogen) atoms. The summed E-state index contributed by atoms with van der Waals surface area (Å²) in [5.74, 6) is 1.19. The first-order valence-electron chi connectivity index (χ1n) is 6.71. The van der Waals surface area contributed by atoms with Crippen LogP contribution < -0.4 is 5.32 Å². The van der Waals surface area contributed by atoms with Crippen LogP contribution >= 0.6 is 0 Å². The number of nitrogens with one attached hydrogen (secondary N) is 1. The summed E-state index contributed by atoms with van der Waals surface area (Å²) in [6.45, 7) is 2.51. The van der Waals surface area contributed by atoms with Crippen LogP contribution in [0.1, 0.15) is 38.5 Å². The second kappa shape index (κ2) is 4.00. The Morgan fingerprint density at radius 1 is 1.35 bits per heavy atom. The summed E-state index contributed by atoms with van der Waals surface area (Å²) in [5.41, 5.74) is 0.160. The van der Waals surface area contributed by atoms with E-state index < -0.39 is 0 Å². The van der Waals surface area contributed by atoms with Crippen LogP contribution in [-0.2, 0) is 9.59 Å². The minimum atomic E-state index is 0.160. The molecule has 0 radical (unpaired) electrons. The van der Waals surface area contributed by atoms with Gasteiger partial charge in [0.1, 0.15) is 0 Å². The number of carbonyl (C=O) groups excluding carboxylic acids is 2. The minimum absolute atomic E-state index is 0.160. The molecule has 94 valence electrons. The first kappa shape index (κ1) is 11.1. The van der Waals surface area contributed by atoms with Crippen molar-refractivity contribution in [2.75, 3.05) is 19.6 Å². The highest BCUT2D eigenvalue weighted by molar-refractivity contribution is 5.79. The molecule has 0 bridgehead atoms. The van der Waals surface area contributed by atoms with Crippen LogP contribution in [-0.4, -0.2) is 36.3 Å². The van der Waals surface area contributed by atoms with E-state index in [0.29, 0.717) is 18.2 Å². The number of piperidine rings is 1. The molecule has 2 amide bonds. The molecule has 3 rings (SSSR count). The number of hydrogen-bond donors (Lipinski definition) is 1. The van der Waals surface area contributed by atoms with Gasteiger partial charge in [0.2, 0.25) is 11.8 Å². The zero-order valence-electron chi connectivity index (χ0n) is 10.2. The fourth-order valence-electron chi connectivity index (χ4n) is 3.03. The Morgan fingerprint density at radius 3 is 2.59 bits per heavy atom. The molecule has 2 aliphatic heterocycles. The van der Waals surface area contributed by atoms with Gasteiger partial charge in [-0.3, -0.25) is 9.59 Å². The molecule has 4 nitrogen and oxygen atoms in total. The van der Waals surface area contributed by atoms with Crippen LogP contribution in [0.2, 0.25) is 0 Å². The van der Waals surface area contributed by atoms with Gasteiger partial charge in [-0.1, -0.05) is 0 Å². The van der Waals surface area contributed by atoms with Crippen LogP contribution in [0, 0.1) is 11.3 Å². The normalized spacial score (nSPS) is 27.3. The number of nitrogens with zero attached hydrogens (tertiary/aromatic N) is 1. The van der Waals surface area contributed by atoms with Crippen LogP contribution in [0.4, 0.5) is 0 Å². The van der Waals surface area contributed by atoms with Gasteiger partial charge < -0.3 is 10.2 Å². The van der Waals surface area contributed by atoms with E-state index in [1.54, 1.807) is 0 Å². The molecule has 3 fully saturated rings. The van der Waals surface area contributed by atoms with E-state index in [1.165, 1.54) is 12.8 Å². The maximum Gasteiger partial charge on any atom is 0.222 e. The van der Waals surface area contributed by atoms with Crippen LogP contribution in [0.15, 0.2) is 0 Å². The molecule has 0 aromatic heterocycles. The van der Waals surface area contributed by atoms with Gasteiger partial charge in [-0.2, -0.15) is 0 Å². The van der Waals surface area contributed by atoms with Gasteiger partial charge in [-0.25, -0.2) is 0 Å². The summed E-state index contributed by atoms with van der Waals surface area (Å²) < 4.78 is 0. The van der Waals surface area contributed by atoms with Gasteiger partial charge in [0.25, 0.3) is 0 Å². The summed E-state index contributed by atoms with van der Waals surface area (Å²) in [6.07, 6.45) is 5.87. The Bertz CT molecular complexity index is 341. The molecule has 0 aromatic rings. The molecule has 1 N–H and O–H groups in total. The van der Waals surface area contributed by atoms with Gasteiger partial charge in [0.05, 0.1) is 0 Å². The van der Waals surface area contributed by atoms with Crippen LogP contribution in [0.3, 0.4) is 0 Å². The van der Waals surface area contributed by atoms with E-state index in [1.807, 2.05) is 4.90 Å². The van der Waals surface area contributed by atoms with E-state index in [9.17, 15) is 9.59 Å². The summed E-state index contributed by atoms with van der Waals surface area (Å²) >= 11 is 0. The van der Waals surface area contributed by atoms with Gasteiger partial charge in [0, 0.05) is 32.5 Å². The lowest BCUT2D eigenvalue weighted by Gasteiger charge is -2.38. The van der Waals surface area contributed by atoms with Crippen molar-refractivity contribution in [3.05, 3.63) is 0 Å². The second-order valence-corrected chi connectivity index (χ2v) is 5.98.